The molecule has 1 unspecified atom stereocenters. The van der Waals surface area contributed by atoms with E-state index in [1.54, 1.807) is 7.11 Å². The average molecular weight is 316 g/mol. The Bertz CT molecular complexity index is 444. The first-order chi connectivity index (χ1) is 9.67. The summed E-state index contributed by atoms with van der Waals surface area (Å²) in [5.41, 5.74) is 1.11. The molecule has 2 nitrogen and oxygen atoms in total. The van der Waals surface area contributed by atoms with Gasteiger partial charge in [0.1, 0.15) is 5.75 Å². The second-order valence-corrected chi connectivity index (χ2v) is 6.30. The van der Waals surface area contributed by atoms with Crippen LogP contribution in [-0.2, 0) is 0 Å². The van der Waals surface area contributed by atoms with Gasteiger partial charge in [0.2, 0.25) is 0 Å². The van der Waals surface area contributed by atoms with Gasteiger partial charge in [0.15, 0.2) is 0 Å². The number of hydrogen-bond acceptors (Lipinski definition) is 2. The lowest BCUT2D eigenvalue weighted by Gasteiger charge is -2.26. The standard InChI is InChI=1S/C16H23Cl2NO/c1-3-8-19-16(11-6-4-5-7-11)12-9-14(18)15(20-2)10-13(12)17/h9-11,16,19H,3-8H2,1-2H3. The zero-order valence-electron chi connectivity index (χ0n) is 12.2. The van der Waals surface area contributed by atoms with Crippen LogP contribution in [-0.4, -0.2) is 13.7 Å². The molecule has 0 saturated heterocycles. The molecular formula is C16H23Cl2NO. The van der Waals surface area contributed by atoms with Gasteiger partial charge in [-0.05, 0) is 43.4 Å². The zero-order chi connectivity index (χ0) is 14.5. The second kappa shape index (κ2) is 7.53. The van der Waals surface area contributed by atoms with E-state index in [1.807, 2.05) is 12.1 Å². The molecule has 1 aliphatic carbocycles. The van der Waals surface area contributed by atoms with E-state index in [4.69, 9.17) is 27.9 Å². The highest BCUT2D eigenvalue weighted by Gasteiger charge is 2.28. The van der Waals surface area contributed by atoms with Crippen molar-refractivity contribution in [1.82, 2.24) is 5.32 Å². The van der Waals surface area contributed by atoms with Gasteiger partial charge in [-0.1, -0.05) is 43.0 Å². The topological polar surface area (TPSA) is 21.3 Å². The highest BCUT2D eigenvalue weighted by Crippen LogP contribution is 2.41. The van der Waals surface area contributed by atoms with E-state index in [9.17, 15) is 0 Å². The Balaban J connectivity index is 2.29. The van der Waals surface area contributed by atoms with E-state index in [0.717, 1.165) is 23.6 Å². The number of methoxy groups -OCH3 is 1. The summed E-state index contributed by atoms with van der Waals surface area (Å²) in [5, 5.41) is 5.02. The number of rotatable bonds is 6. The van der Waals surface area contributed by atoms with Crippen LogP contribution in [0.3, 0.4) is 0 Å². The Labute approximate surface area is 131 Å². The van der Waals surface area contributed by atoms with Crippen molar-refractivity contribution >= 4 is 23.2 Å². The van der Waals surface area contributed by atoms with E-state index in [-0.39, 0.29) is 0 Å². The van der Waals surface area contributed by atoms with Crippen molar-refractivity contribution in [1.29, 1.82) is 0 Å². The van der Waals surface area contributed by atoms with Gasteiger partial charge in [-0.25, -0.2) is 0 Å². The molecule has 0 amide bonds. The molecule has 0 aromatic heterocycles. The molecule has 0 spiro atoms. The normalized spacial score (nSPS) is 17.4. The molecule has 112 valence electrons. The molecular weight excluding hydrogens is 293 g/mol. The van der Waals surface area contributed by atoms with Gasteiger partial charge in [0, 0.05) is 17.1 Å². The molecule has 0 heterocycles. The maximum atomic E-state index is 6.45. The quantitative estimate of drug-likeness (QED) is 0.775. The minimum absolute atomic E-state index is 0.299. The second-order valence-electron chi connectivity index (χ2n) is 5.48. The number of hydrogen-bond donors (Lipinski definition) is 1. The third-order valence-corrected chi connectivity index (χ3v) is 4.71. The Morgan fingerprint density at radius 1 is 1.25 bits per heavy atom. The van der Waals surface area contributed by atoms with Crippen LogP contribution >= 0.6 is 23.2 Å². The summed E-state index contributed by atoms with van der Waals surface area (Å²) < 4.78 is 5.23. The first-order valence-corrected chi connectivity index (χ1v) is 8.19. The lowest BCUT2D eigenvalue weighted by Crippen LogP contribution is -2.28. The minimum atomic E-state index is 0.299. The number of ether oxygens (including phenoxy) is 1. The molecule has 20 heavy (non-hydrogen) atoms. The van der Waals surface area contributed by atoms with Gasteiger partial charge in [-0.2, -0.15) is 0 Å². The van der Waals surface area contributed by atoms with Crippen molar-refractivity contribution in [3.05, 3.63) is 27.7 Å². The van der Waals surface area contributed by atoms with Crippen molar-refractivity contribution in [2.45, 2.75) is 45.1 Å². The summed E-state index contributed by atoms with van der Waals surface area (Å²) in [7, 11) is 1.61. The summed E-state index contributed by atoms with van der Waals surface area (Å²) >= 11 is 12.7. The van der Waals surface area contributed by atoms with Crippen molar-refractivity contribution in [3.63, 3.8) is 0 Å². The summed E-state index contributed by atoms with van der Waals surface area (Å²) in [5.74, 6) is 1.30. The number of halogens is 2. The fraction of sp³-hybridized carbons (Fsp3) is 0.625. The number of benzene rings is 1. The van der Waals surface area contributed by atoms with E-state index in [0.29, 0.717) is 22.7 Å². The first-order valence-electron chi connectivity index (χ1n) is 7.43. The van der Waals surface area contributed by atoms with Gasteiger partial charge in [-0.3, -0.25) is 0 Å². The van der Waals surface area contributed by atoms with Gasteiger partial charge >= 0.3 is 0 Å². The maximum Gasteiger partial charge on any atom is 0.138 e. The molecule has 0 radical (unpaired) electrons. The molecule has 1 fully saturated rings. The lowest BCUT2D eigenvalue weighted by atomic mass is 9.91. The van der Waals surface area contributed by atoms with Crippen molar-refractivity contribution in [2.24, 2.45) is 5.92 Å². The maximum absolute atomic E-state index is 6.45. The van der Waals surface area contributed by atoms with Crippen LogP contribution in [0.4, 0.5) is 0 Å². The molecule has 1 aliphatic rings. The van der Waals surface area contributed by atoms with Gasteiger partial charge < -0.3 is 10.1 Å². The minimum Gasteiger partial charge on any atom is -0.495 e. The van der Waals surface area contributed by atoms with Gasteiger partial charge in [0.05, 0.1) is 12.1 Å². The van der Waals surface area contributed by atoms with Crippen LogP contribution in [0.15, 0.2) is 12.1 Å². The van der Waals surface area contributed by atoms with Crippen LogP contribution in [0.1, 0.15) is 50.6 Å². The molecule has 1 N–H and O–H groups in total. The Kier molecular flexibility index (Phi) is 6.01. The zero-order valence-corrected chi connectivity index (χ0v) is 13.7. The van der Waals surface area contributed by atoms with Gasteiger partial charge in [-0.15, -0.1) is 0 Å². The summed E-state index contributed by atoms with van der Waals surface area (Å²) in [6.45, 7) is 3.18. The van der Waals surface area contributed by atoms with Gasteiger partial charge in [0.25, 0.3) is 0 Å². The van der Waals surface area contributed by atoms with Crippen LogP contribution < -0.4 is 10.1 Å². The summed E-state index contributed by atoms with van der Waals surface area (Å²) in [6.07, 6.45) is 6.28. The SMILES string of the molecule is CCCNC(c1cc(Cl)c(OC)cc1Cl)C1CCCC1. The Morgan fingerprint density at radius 3 is 2.55 bits per heavy atom. The first kappa shape index (κ1) is 15.9. The van der Waals surface area contributed by atoms with E-state index >= 15 is 0 Å². The third kappa shape index (κ3) is 3.60. The van der Waals surface area contributed by atoms with Crippen LogP contribution in [0.5, 0.6) is 5.75 Å². The largest absolute Gasteiger partial charge is 0.495 e. The Morgan fingerprint density at radius 2 is 1.95 bits per heavy atom. The van der Waals surface area contributed by atoms with Crippen molar-refractivity contribution in [2.75, 3.05) is 13.7 Å². The third-order valence-electron chi connectivity index (χ3n) is 4.09. The fourth-order valence-corrected chi connectivity index (χ4v) is 3.58. The monoisotopic (exact) mass is 315 g/mol. The molecule has 1 aromatic rings. The molecule has 2 rings (SSSR count). The predicted molar refractivity (Wildman–Crippen MR) is 86.0 cm³/mol. The molecule has 0 aliphatic heterocycles. The number of nitrogens with one attached hydrogen (secondary N) is 1. The molecule has 1 atom stereocenters. The fourth-order valence-electron chi connectivity index (χ4n) is 3.06. The smallest absolute Gasteiger partial charge is 0.138 e. The van der Waals surface area contributed by atoms with E-state index < -0.39 is 0 Å². The predicted octanol–water partition coefficient (Wildman–Crippen LogP) is 5.23. The molecule has 1 saturated carbocycles. The van der Waals surface area contributed by atoms with Crippen molar-refractivity contribution < 1.29 is 4.74 Å². The summed E-state index contributed by atoms with van der Waals surface area (Å²) in [6, 6.07) is 4.09. The van der Waals surface area contributed by atoms with Crippen LogP contribution in [0.2, 0.25) is 10.0 Å². The van der Waals surface area contributed by atoms with E-state index in [1.165, 1.54) is 25.7 Å². The Hall–Kier alpha value is -0.440. The highest BCUT2D eigenvalue weighted by atomic mass is 35.5. The summed E-state index contributed by atoms with van der Waals surface area (Å²) in [4.78, 5) is 0. The molecule has 1 aromatic carbocycles. The lowest BCUT2D eigenvalue weighted by molar-refractivity contribution is 0.367. The van der Waals surface area contributed by atoms with Crippen LogP contribution in [0.25, 0.3) is 0 Å². The molecule has 0 bridgehead atoms. The van der Waals surface area contributed by atoms with Crippen molar-refractivity contribution in [3.8, 4) is 5.75 Å². The average Bonchev–Trinajstić information content (AvgIpc) is 2.96. The van der Waals surface area contributed by atoms with E-state index in [2.05, 4.69) is 12.2 Å². The molecule has 4 heteroatoms. The van der Waals surface area contributed by atoms with Crippen LogP contribution in [0, 0.1) is 5.92 Å². The highest BCUT2D eigenvalue weighted by molar-refractivity contribution is 6.34.